The predicted molar refractivity (Wildman–Crippen MR) is 64.8 cm³/mol. The molecule has 0 spiro atoms. The molecule has 2 amide bonds. The summed E-state index contributed by atoms with van der Waals surface area (Å²) < 4.78 is 0. The Hall–Kier alpha value is -1.59. The van der Waals surface area contributed by atoms with Crippen molar-refractivity contribution in [3.8, 4) is 0 Å². The number of hydrogen-bond donors (Lipinski definition) is 3. The largest absolute Gasteiger partial charge is 0.481 e. The monoisotopic (exact) mass is 256 g/mol. The van der Waals surface area contributed by atoms with Crippen LogP contribution in [0.5, 0.6) is 0 Å². The highest BCUT2D eigenvalue weighted by molar-refractivity contribution is 5.87. The molecule has 102 valence electrons. The van der Waals surface area contributed by atoms with Crippen molar-refractivity contribution in [1.29, 1.82) is 0 Å². The van der Waals surface area contributed by atoms with Crippen LogP contribution < -0.4 is 10.6 Å². The second-order valence-corrected chi connectivity index (χ2v) is 5.79. The molecule has 0 aromatic heterocycles. The number of carbonyl (C=O) groups excluding carboxylic acids is 2. The summed E-state index contributed by atoms with van der Waals surface area (Å²) in [6.45, 7) is 5.27. The van der Waals surface area contributed by atoms with Gasteiger partial charge in [0.05, 0.1) is 12.0 Å². The maximum atomic E-state index is 11.5. The molecule has 18 heavy (non-hydrogen) atoms. The summed E-state index contributed by atoms with van der Waals surface area (Å²) in [5.74, 6) is -1.45. The normalized spacial score (nSPS) is 16.8. The third-order valence-electron chi connectivity index (χ3n) is 3.02. The predicted octanol–water partition coefficient (Wildman–Crippen LogP) is 0.130. The zero-order valence-corrected chi connectivity index (χ0v) is 11.0. The lowest BCUT2D eigenvalue weighted by Crippen LogP contribution is -2.43. The molecule has 0 radical (unpaired) electrons. The van der Waals surface area contributed by atoms with E-state index >= 15 is 0 Å². The van der Waals surface area contributed by atoms with E-state index in [1.165, 1.54) is 0 Å². The van der Waals surface area contributed by atoms with E-state index in [9.17, 15) is 14.4 Å². The van der Waals surface area contributed by atoms with Gasteiger partial charge in [-0.05, 0) is 12.8 Å². The molecule has 1 aliphatic rings. The average Bonchev–Trinajstić information content (AvgIpc) is 3.02. The molecule has 1 aliphatic carbocycles. The fraction of sp³-hybridized carbons (Fsp3) is 0.750. The minimum atomic E-state index is -0.874. The van der Waals surface area contributed by atoms with Gasteiger partial charge in [-0.3, -0.25) is 14.4 Å². The molecule has 0 atom stereocenters. The molecule has 6 heteroatoms. The maximum absolute atomic E-state index is 11.5. The number of carbonyl (C=O) groups is 3. The van der Waals surface area contributed by atoms with Crippen molar-refractivity contribution in [3.63, 3.8) is 0 Å². The summed E-state index contributed by atoms with van der Waals surface area (Å²) in [6.07, 6.45) is 1.19. The lowest BCUT2D eigenvalue weighted by Gasteiger charge is -2.17. The first kappa shape index (κ1) is 14.5. The van der Waals surface area contributed by atoms with Crippen molar-refractivity contribution in [2.24, 2.45) is 10.8 Å². The van der Waals surface area contributed by atoms with Crippen molar-refractivity contribution in [2.45, 2.75) is 33.6 Å². The highest BCUT2D eigenvalue weighted by atomic mass is 16.4. The van der Waals surface area contributed by atoms with E-state index in [0.29, 0.717) is 12.8 Å². The molecule has 0 unspecified atom stereocenters. The van der Waals surface area contributed by atoms with Gasteiger partial charge >= 0.3 is 5.97 Å². The molecule has 0 heterocycles. The van der Waals surface area contributed by atoms with Gasteiger partial charge in [0.15, 0.2) is 0 Å². The molecule has 6 nitrogen and oxygen atoms in total. The van der Waals surface area contributed by atoms with E-state index in [4.69, 9.17) is 5.11 Å². The standard InChI is InChI=1S/C12H20N2O4/c1-11(2,3)9(16)13-6-8(15)14-7-12(4-5-12)10(17)18/h4-7H2,1-3H3,(H,13,16)(H,14,15)(H,17,18). The number of amides is 2. The Bertz CT molecular complexity index is 367. The van der Waals surface area contributed by atoms with E-state index in [2.05, 4.69) is 10.6 Å². The second-order valence-electron chi connectivity index (χ2n) is 5.79. The van der Waals surface area contributed by atoms with Gasteiger partial charge < -0.3 is 15.7 Å². The van der Waals surface area contributed by atoms with Crippen molar-refractivity contribution >= 4 is 17.8 Å². The minimum absolute atomic E-state index is 0.119. The minimum Gasteiger partial charge on any atom is -0.481 e. The van der Waals surface area contributed by atoms with Crippen LogP contribution in [0.1, 0.15) is 33.6 Å². The molecule has 1 saturated carbocycles. The first-order valence-corrected chi connectivity index (χ1v) is 5.96. The number of rotatable bonds is 5. The van der Waals surface area contributed by atoms with E-state index < -0.39 is 16.8 Å². The van der Waals surface area contributed by atoms with Gasteiger partial charge in [-0.1, -0.05) is 20.8 Å². The summed E-state index contributed by atoms with van der Waals surface area (Å²) in [4.78, 5) is 33.8. The van der Waals surface area contributed by atoms with Crippen molar-refractivity contribution < 1.29 is 19.5 Å². The zero-order chi connectivity index (χ0) is 14.0. The molecule has 0 bridgehead atoms. The van der Waals surface area contributed by atoms with Crippen molar-refractivity contribution in [3.05, 3.63) is 0 Å². The Morgan fingerprint density at radius 2 is 1.72 bits per heavy atom. The summed E-state index contributed by atoms with van der Waals surface area (Å²) in [7, 11) is 0. The summed E-state index contributed by atoms with van der Waals surface area (Å²) in [6, 6.07) is 0. The SMILES string of the molecule is CC(C)(C)C(=O)NCC(=O)NCC1(C(=O)O)CC1. The smallest absolute Gasteiger partial charge is 0.311 e. The van der Waals surface area contributed by atoms with Gasteiger partial charge in [-0.25, -0.2) is 0 Å². The average molecular weight is 256 g/mol. The lowest BCUT2D eigenvalue weighted by atomic mass is 9.96. The van der Waals surface area contributed by atoms with Crippen LogP contribution in [0.4, 0.5) is 0 Å². The number of carboxylic acids is 1. The van der Waals surface area contributed by atoms with E-state index in [1.54, 1.807) is 20.8 Å². The van der Waals surface area contributed by atoms with Crippen LogP contribution >= 0.6 is 0 Å². The van der Waals surface area contributed by atoms with Crippen LogP contribution in [0.25, 0.3) is 0 Å². The van der Waals surface area contributed by atoms with Crippen LogP contribution in [0, 0.1) is 10.8 Å². The zero-order valence-electron chi connectivity index (χ0n) is 11.0. The summed E-state index contributed by atoms with van der Waals surface area (Å²) >= 11 is 0. The number of hydrogen-bond acceptors (Lipinski definition) is 3. The highest BCUT2D eigenvalue weighted by Crippen LogP contribution is 2.45. The highest BCUT2D eigenvalue weighted by Gasteiger charge is 2.50. The fourth-order valence-electron chi connectivity index (χ4n) is 1.37. The van der Waals surface area contributed by atoms with E-state index in [1.807, 2.05) is 0 Å². The maximum Gasteiger partial charge on any atom is 0.311 e. The molecule has 3 N–H and O–H groups in total. The summed E-state index contributed by atoms with van der Waals surface area (Å²) in [5.41, 5.74) is -1.32. The van der Waals surface area contributed by atoms with Gasteiger partial charge in [0.25, 0.3) is 0 Å². The van der Waals surface area contributed by atoms with Crippen molar-refractivity contribution in [2.75, 3.05) is 13.1 Å². The molecular formula is C12H20N2O4. The van der Waals surface area contributed by atoms with Crippen LogP contribution in [0.3, 0.4) is 0 Å². The molecule has 1 rings (SSSR count). The Labute approximate surface area is 106 Å². The molecule has 0 saturated heterocycles. The Kier molecular flexibility index (Phi) is 3.98. The van der Waals surface area contributed by atoms with Crippen LogP contribution in [-0.4, -0.2) is 36.0 Å². The first-order chi connectivity index (χ1) is 8.17. The van der Waals surface area contributed by atoms with Crippen LogP contribution in [-0.2, 0) is 14.4 Å². The third-order valence-corrected chi connectivity index (χ3v) is 3.02. The molecule has 0 aromatic rings. The van der Waals surface area contributed by atoms with Crippen LogP contribution in [0.2, 0.25) is 0 Å². The first-order valence-electron chi connectivity index (χ1n) is 5.96. The molecule has 0 aromatic carbocycles. The van der Waals surface area contributed by atoms with Gasteiger partial charge in [0.2, 0.25) is 11.8 Å². The lowest BCUT2D eigenvalue weighted by molar-refractivity contribution is -0.143. The number of aliphatic carboxylic acids is 1. The van der Waals surface area contributed by atoms with Crippen molar-refractivity contribution in [1.82, 2.24) is 10.6 Å². The van der Waals surface area contributed by atoms with E-state index in [-0.39, 0.29) is 24.9 Å². The second kappa shape index (κ2) is 4.96. The van der Waals surface area contributed by atoms with Gasteiger partial charge in [0, 0.05) is 12.0 Å². The molecular weight excluding hydrogens is 236 g/mol. The Balaban J connectivity index is 2.27. The van der Waals surface area contributed by atoms with Gasteiger partial charge in [-0.15, -0.1) is 0 Å². The fourth-order valence-corrected chi connectivity index (χ4v) is 1.37. The number of carboxylic acid groups (broad SMARTS) is 1. The molecule has 1 fully saturated rings. The van der Waals surface area contributed by atoms with E-state index in [0.717, 1.165) is 0 Å². The Morgan fingerprint density at radius 1 is 1.17 bits per heavy atom. The van der Waals surface area contributed by atoms with Gasteiger partial charge in [-0.2, -0.15) is 0 Å². The Morgan fingerprint density at radius 3 is 2.11 bits per heavy atom. The number of nitrogens with one attached hydrogen (secondary N) is 2. The topological polar surface area (TPSA) is 95.5 Å². The summed E-state index contributed by atoms with van der Waals surface area (Å²) in [5, 5.41) is 14.0. The third kappa shape index (κ3) is 3.72. The quantitative estimate of drug-likeness (QED) is 0.651. The van der Waals surface area contributed by atoms with Crippen LogP contribution in [0.15, 0.2) is 0 Å². The molecule has 0 aliphatic heterocycles. The van der Waals surface area contributed by atoms with Gasteiger partial charge in [0.1, 0.15) is 0 Å².